The number of aliphatic carboxylic acids is 1. The topological polar surface area (TPSA) is 73.1 Å². The molecule has 0 saturated heterocycles. The highest BCUT2D eigenvalue weighted by molar-refractivity contribution is 5.67. The molecule has 1 aromatic carbocycles. The van der Waals surface area contributed by atoms with Gasteiger partial charge >= 0.3 is 5.97 Å². The lowest BCUT2D eigenvalue weighted by Crippen LogP contribution is -2.18. The van der Waals surface area contributed by atoms with Gasteiger partial charge in [0.05, 0.1) is 11.6 Å². The number of halogens is 2. The van der Waals surface area contributed by atoms with E-state index in [9.17, 15) is 13.6 Å². The van der Waals surface area contributed by atoms with Crippen LogP contribution in [0.1, 0.15) is 25.3 Å². The van der Waals surface area contributed by atoms with Crippen LogP contribution >= 0.6 is 0 Å². The van der Waals surface area contributed by atoms with Gasteiger partial charge in [-0.25, -0.2) is 8.78 Å². The first-order valence-corrected chi connectivity index (χ1v) is 5.82. The first-order chi connectivity index (χ1) is 8.97. The van der Waals surface area contributed by atoms with Crippen molar-refractivity contribution in [2.75, 3.05) is 11.9 Å². The van der Waals surface area contributed by atoms with Gasteiger partial charge in [-0.2, -0.15) is 5.26 Å². The van der Waals surface area contributed by atoms with Crippen molar-refractivity contribution in [3.63, 3.8) is 0 Å². The zero-order valence-electron chi connectivity index (χ0n) is 10.4. The number of nitriles is 1. The van der Waals surface area contributed by atoms with Gasteiger partial charge in [-0.1, -0.05) is 13.3 Å². The molecular formula is C13H14F2N2O2. The summed E-state index contributed by atoms with van der Waals surface area (Å²) in [7, 11) is 0. The number of carbonyl (C=O) groups is 1. The minimum atomic E-state index is -0.950. The minimum Gasteiger partial charge on any atom is -0.481 e. The maximum atomic E-state index is 13.5. The Bertz CT molecular complexity index is 489. The summed E-state index contributed by atoms with van der Waals surface area (Å²) in [4.78, 5) is 10.6. The van der Waals surface area contributed by atoms with Crippen molar-refractivity contribution >= 4 is 11.7 Å². The van der Waals surface area contributed by atoms with E-state index >= 15 is 0 Å². The molecule has 1 rings (SSSR count). The molecule has 0 fully saturated rings. The van der Waals surface area contributed by atoms with E-state index in [4.69, 9.17) is 10.4 Å². The van der Waals surface area contributed by atoms with Gasteiger partial charge in [0, 0.05) is 13.0 Å². The van der Waals surface area contributed by atoms with Crippen LogP contribution in [0.15, 0.2) is 12.1 Å². The van der Waals surface area contributed by atoms with E-state index in [1.807, 2.05) is 0 Å². The average Bonchev–Trinajstić information content (AvgIpc) is 2.35. The Kier molecular flexibility index (Phi) is 5.24. The van der Waals surface area contributed by atoms with Gasteiger partial charge < -0.3 is 10.4 Å². The third-order valence-electron chi connectivity index (χ3n) is 2.78. The fourth-order valence-corrected chi connectivity index (χ4v) is 1.66. The molecule has 0 amide bonds. The molecule has 1 aromatic rings. The van der Waals surface area contributed by atoms with Crippen molar-refractivity contribution in [1.82, 2.24) is 0 Å². The van der Waals surface area contributed by atoms with E-state index in [1.165, 1.54) is 0 Å². The number of carboxylic acid groups (broad SMARTS) is 1. The summed E-state index contributed by atoms with van der Waals surface area (Å²) in [5.41, 5.74) is -0.430. The second kappa shape index (κ2) is 6.69. The number of rotatable bonds is 6. The van der Waals surface area contributed by atoms with Crippen molar-refractivity contribution in [3.8, 4) is 6.07 Å². The molecule has 0 bridgehead atoms. The number of nitrogens with zero attached hydrogens (tertiary/aromatic N) is 1. The summed E-state index contributed by atoms with van der Waals surface area (Å²) in [6.45, 7) is 1.96. The molecule has 0 aliphatic rings. The van der Waals surface area contributed by atoms with Gasteiger partial charge in [0.2, 0.25) is 0 Å². The smallest absolute Gasteiger partial charge is 0.303 e. The Morgan fingerprint density at radius 1 is 1.47 bits per heavy atom. The molecule has 102 valence electrons. The van der Waals surface area contributed by atoms with Crippen LogP contribution in [-0.2, 0) is 4.79 Å². The molecule has 2 N–H and O–H groups in total. The van der Waals surface area contributed by atoms with E-state index in [1.54, 1.807) is 13.0 Å². The highest BCUT2D eigenvalue weighted by atomic mass is 19.1. The van der Waals surface area contributed by atoms with Gasteiger partial charge in [-0.3, -0.25) is 4.79 Å². The lowest BCUT2D eigenvalue weighted by Gasteiger charge is -2.15. The number of hydrogen-bond acceptors (Lipinski definition) is 3. The van der Waals surface area contributed by atoms with Crippen LogP contribution in [0.4, 0.5) is 14.5 Å². The summed E-state index contributed by atoms with van der Waals surface area (Å²) >= 11 is 0. The summed E-state index contributed by atoms with van der Waals surface area (Å²) < 4.78 is 27.1. The van der Waals surface area contributed by atoms with Crippen LogP contribution in [0.2, 0.25) is 0 Å². The SMILES string of the molecule is CCC(CNc1c(F)cc(C#N)cc1F)CC(=O)O. The molecule has 0 radical (unpaired) electrons. The van der Waals surface area contributed by atoms with Crippen molar-refractivity contribution in [2.45, 2.75) is 19.8 Å². The number of anilines is 1. The molecule has 19 heavy (non-hydrogen) atoms. The zero-order chi connectivity index (χ0) is 14.4. The van der Waals surface area contributed by atoms with Crippen LogP contribution in [0, 0.1) is 28.9 Å². The van der Waals surface area contributed by atoms with Gasteiger partial charge in [0.25, 0.3) is 0 Å². The number of benzene rings is 1. The fourth-order valence-electron chi connectivity index (χ4n) is 1.66. The molecule has 0 aromatic heterocycles. The normalized spacial score (nSPS) is 11.7. The molecule has 1 atom stereocenters. The van der Waals surface area contributed by atoms with Gasteiger partial charge in [-0.05, 0) is 18.1 Å². The van der Waals surface area contributed by atoms with Gasteiger partial charge in [-0.15, -0.1) is 0 Å². The first kappa shape index (κ1) is 14.9. The number of carboxylic acids is 1. The maximum absolute atomic E-state index is 13.5. The molecule has 6 heteroatoms. The van der Waals surface area contributed by atoms with E-state index in [0.717, 1.165) is 12.1 Å². The molecule has 0 spiro atoms. The van der Waals surface area contributed by atoms with E-state index in [0.29, 0.717) is 6.42 Å². The van der Waals surface area contributed by atoms with Crippen LogP contribution in [-0.4, -0.2) is 17.6 Å². The summed E-state index contributed by atoms with van der Waals surface area (Å²) in [6.07, 6.45) is 0.516. The van der Waals surface area contributed by atoms with Crippen molar-refractivity contribution in [2.24, 2.45) is 5.92 Å². The van der Waals surface area contributed by atoms with E-state index in [2.05, 4.69) is 5.32 Å². The standard InChI is InChI=1S/C13H14F2N2O2/c1-2-8(5-12(18)19)7-17-13-10(14)3-9(6-16)4-11(13)15/h3-4,8,17H,2,5,7H2,1H3,(H,18,19). The lowest BCUT2D eigenvalue weighted by atomic mass is 10.0. The number of nitrogens with one attached hydrogen (secondary N) is 1. The van der Waals surface area contributed by atoms with E-state index in [-0.39, 0.29) is 30.1 Å². The molecular weight excluding hydrogens is 254 g/mol. The molecule has 4 nitrogen and oxygen atoms in total. The summed E-state index contributed by atoms with van der Waals surface area (Å²) in [6, 6.07) is 3.52. The fraction of sp³-hybridized carbons (Fsp3) is 0.385. The average molecular weight is 268 g/mol. The number of hydrogen-bond donors (Lipinski definition) is 2. The molecule has 1 unspecified atom stereocenters. The van der Waals surface area contributed by atoms with Crippen molar-refractivity contribution < 1.29 is 18.7 Å². The first-order valence-electron chi connectivity index (χ1n) is 5.82. The monoisotopic (exact) mass is 268 g/mol. The predicted octanol–water partition coefficient (Wildman–Crippen LogP) is 2.75. The zero-order valence-corrected chi connectivity index (χ0v) is 10.4. The summed E-state index contributed by atoms with van der Waals surface area (Å²) in [5, 5.41) is 19.8. The van der Waals surface area contributed by atoms with Crippen molar-refractivity contribution in [3.05, 3.63) is 29.3 Å². The van der Waals surface area contributed by atoms with Gasteiger partial charge in [0.1, 0.15) is 5.69 Å². The largest absolute Gasteiger partial charge is 0.481 e. The van der Waals surface area contributed by atoms with Crippen LogP contribution < -0.4 is 5.32 Å². The Morgan fingerprint density at radius 2 is 2.05 bits per heavy atom. The van der Waals surface area contributed by atoms with E-state index < -0.39 is 17.6 Å². The second-order valence-corrected chi connectivity index (χ2v) is 4.18. The van der Waals surface area contributed by atoms with Crippen LogP contribution in [0.3, 0.4) is 0 Å². The minimum absolute atomic E-state index is 0.0665. The molecule has 0 aliphatic heterocycles. The van der Waals surface area contributed by atoms with Crippen LogP contribution in [0.25, 0.3) is 0 Å². The maximum Gasteiger partial charge on any atom is 0.303 e. The molecule has 0 heterocycles. The summed E-state index contributed by atoms with van der Waals surface area (Å²) in [5.74, 6) is -2.88. The molecule has 0 aliphatic carbocycles. The Morgan fingerprint density at radius 3 is 2.47 bits per heavy atom. The predicted molar refractivity (Wildman–Crippen MR) is 65.6 cm³/mol. The Hall–Kier alpha value is -2.16. The van der Waals surface area contributed by atoms with Crippen LogP contribution in [0.5, 0.6) is 0 Å². The lowest BCUT2D eigenvalue weighted by molar-refractivity contribution is -0.138. The quantitative estimate of drug-likeness (QED) is 0.832. The van der Waals surface area contributed by atoms with Crippen molar-refractivity contribution in [1.29, 1.82) is 5.26 Å². The second-order valence-electron chi connectivity index (χ2n) is 4.18. The third kappa shape index (κ3) is 4.21. The van der Waals surface area contributed by atoms with Gasteiger partial charge in [0.15, 0.2) is 11.6 Å². The third-order valence-corrected chi connectivity index (χ3v) is 2.78. The molecule has 0 saturated carbocycles. The Labute approximate surface area is 109 Å². The highest BCUT2D eigenvalue weighted by Gasteiger charge is 2.15. The highest BCUT2D eigenvalue weighted by Crippen LogP contribution is 2.21. The Balaban J connectivity index is 2.77.